The first-order valence-electron chi connectivity index (χ1n) is 4.52. The van der Waals surface area contributed by atoms with Crippen LogP contribution in [0.2, 0.25) is 0 Å². The van der Waals surface area contributed by atoms with Gasteiger partial charge in [-0.3, -0.25) is 0 Å². The number of nitrogens with one attached hydrogen (secondary N) is 1. The van der Waals surface area contributed by atoms with Crippen LogP contribution in [0.4, 0.5) is 11.8 Å². The lowest BCUT2D eigenvalue weighted by Crippen LogP contribution is -2.06. The van der Waals surface area contributed by atoms with Gasteiger partial charge in [-0.2, -0.15) is 4.98 Å². The molecule has 0 aromatic carbocycles. The SMILES string of the molecule is Nc1ncc(Br)c(NCc2ccncn2)n1. The highest BCUT2D eigenvalue weighted by atomic mass is 79.9. The van der Waals surface area contributed by atoms with Gasteiger partial charge >= 0.3 is 0 Å². The molecule has 0 atom stereocenters. The summed E-state index contributed by atoms with van der Waals surface area (Å²) in [6.07, 6.45) is 4.79. The van der Waals surface area contributed by atoms with E-state index in [9.17, 15) is 0 Å². The number of nitrogens with zero attached hydrogens (tertiary/aromatic N) is 4. The Morgan fingerprint density at radius 2 is 2.25 bits per heavy atom. The van der Waals surface area contributed by atoms with E-state index < -0.39 is 0 Å². The Morgan fingerprint density at radius 3 is 3.00 bits per heavy atom. The van der Waals surface area contributed by atoms with Crippen molar-refractivity contribution in [2.75, 3.05) is 11.1 Å². The third-order valence-corrected chi connectivity index (χ3v) is 2.42. The van der Waals surface area contributed by atoms with Crippen molar-refractivity contribution in [1.29, 1.82) is 0 Å². The lowest BCUT2D eigenvalue weighted by Gasteiger charge is -2.06. The van der Waals surface area contributed by atoms with Gasteiger partial charge in [0.1, 0.15) is 12.1 Å². The second-order valence-electron chi connectivity index (χ2n) is 2.98. The third kappa shape index (κ3) is 2.63. The predicted molar refractivity (Wildman–Crippen MR) is 63.5 cm³/mol. The molecule has 2 aromatic heterocycles. The van der Waals surface area contributed by atoms with Gasteiger partial charge in [0.2, 0.25) is 5.95 Å². The fraction of sp³-hybridized carbons (Fsp3) is 0.111. The number of aromatic nitrogens is 4. The van der Waals surface area contributed by atoms with Crippen LogP contribution in [0.3, 0.4) is 0 Å². The Bertz CT molecular complexity index is 475. The van der Waals surface area contributed by atoms with Gasteiger partial charge in [0.05, 0.1) is 16.7 Å². The van der Waals surface area contributed by atoms with E-state index in [-0.39, 0.29) is 5.95 Å². The van der Waals surface area contributed by atoms with Gasteiger partial charge in [-0.05, 0) is 22.0 Å². The molecule has 0 saturated heterocycles. The van der Waals surface area contributed by atoms with Crippen LogP contribution in [0.25, 0.3) is 0 Å². The van der Waals surface area contributed by atoms with Crippen molar-refractivity contribution in [3.8, 4) is 0 Å². The first-order chi connectivity index (χ1) is 7.75. The van der Waals surface area contributed by atoms with Crippen LogP contribution in [0.1, 0.15) is 5.69 Å². The monoisotopic (exact) mass is 280 g/mol. The van der Waals surface area contributed by atoms with E-state index in [1.807, 2.05) is 6.07 Å². The van der Waals surface area contributed by atoms with Gasteiger partial charge in [0, 0.05) is 12.4 Å². The second-order valence-corrected chi connectivity index (χ2v) is 3.83. The summed E-state index contributed by atoms with van der Waals surface area (Å²) in [7, 11) is 0. The average Bonchev–Trinajstić information content (AvgIpc) is 2.32. The minimum atomic E-state index is 0.230. The molecule has 7 heteroatoms. The quantitative estimate of drug-likeness (QED) is 0.879. The molecule has 0 bridgehead atoms. The highest BCUT2D eigenvalue weighted by Crippen LogP contribution is 2.19. The van der Waals surface area contributed by atoms with Crippen LogP contribution in [0.15, 0.2) is 29.3 Å². The zero-order valence-electron chi connectivity index (χ0n) is 8.26. The number of halogens is 1. The molecule has 0 aliphatic rings. The molecule has 2 aromatic rings. The Kier molecular flexibility index (Phi) is 3.25. The molecule has 2 rings (SSSR count). The highest BCUT2D eigenvalue weighted by molar-refractivity contribution is 9.10. The fourth-order valence-corrected chi connectivity index (χ4v) is 1.43. The van der Waals surface area contributed by atoms with Crippen LogP contribution in [0, 0.1) is 0 Å². The summed E-state index contributed by atoms with van der Waals surface area (Å²) >= 11 is 3.33. The van der Waals surface area contributed by atoms with Gasteiger partial charge in [-0.15, -0.1) is 0 Å². The number of anilines is 2. The van der Waals surface area contributed by atoms with Gasteiger partial charge in [0.25, 0.3) is 0 Å². The van der Waals surface area contributed by atoms with E-state index in [1.54, 1.807) is 12.4 Å². The van der Waals surface area contributed by atoms with Gasteiger partial charge in [0.15, 0.2) is 0 Å². The normalized spacial score (nSPS) is 10.1. The van der Waals surface area contributed by atoms with Crippen molar-refractivity contribution in [2.24, 2.45) is 0 Å². The maximum absolute atomic E-state index is 5.49. The molecule has 0 unspecified atom stereocenters. The number of nitrogen functional groups attached to an aromatic ring is 1. The summed E-state index contributed by atoms with van der Waals surface area (Å²) in [6.45, 7) is 0.553. The first-order valence-corrected chi connectivity index (χ1v) is 5.32. The van der Waals surface area contributed by atoms with Crippen molar-refractivity contribution >= 4 is 27.7 Å². The van der Waals surface area contributed by atoms with E-state index in [2.05, 4.69) is 41.2 Å². The topological polar surface area (TPSA) is 89.6 Å². The van der Waals surface area contributed by atoms with Gasteiger partial charge in [-0.25, -0.2) is 15.0 Å². The maximum Gasteiger partial charge on any atom is 0.221 e. The predicted octanol–water partition coefficient (Wildman–Crippen LogP) is 1.22. The molecule has 0 aliphatic heterocycles. The number of nitrogens with two attached hydrogens (primary N) is 1. The maximum atomic E-state index is 5.49. The molecule has 6 nitrogen and oxygen atoms in total. The van der Waals surface area contributed by atoms with E-state index in [0.717, 1.165) is 10.2 Å². The molecule has 0 saturated carbocycles. The largest absolute Gasteiger partial charge is 0.368 e. The van der Waals surface area contributed by atoms with Gasteiger partial charge < -0.3 is 11.1 Å². The average molecular weight is 281 g/mol. The number of hydrogen-bond acceptors (Lipinski definition) is 6. The van der Waals surface area contributed by atoms with E-state index in [0.29, 0.717) is 12.4 Å². The van der Waals surface area contributed by atoms with Crippen LogP contribution in [-0.4, -0.2) is 19.9 Å². The molecule has 0 fully saturated rings. The molecule has 0 amide bonds. The molecule has 82 valence electrons. The summed E-state index contributed by atoms with van der Waals surface area (Å²) in [5, 5.41) is 3.10. The second kappa shape index (κ2) is 4.84. The summed E-state index contributed by atoms with van der Waals surface area (Å²) in [5.41, 5.74) is 6.36. The lowest BCUT2D eigenvalue weighted by atomic mass is 10.4. The van der Waals surface area contributed by atoms with Crippen molar-refractivity contribution in [3.05, 3.63) is 35.0 Å². The van der Waals surface area contributed by atoms with E-state index in [4.69, 9.17) is 5.73 Å². The minimum Gasteiger partial charge on any atom is -0.368 e. The summed E-state index contributed by atoms with van der Waals surface area (Å²) in [4.78, 5) is 15.8. The molecule has 2 heterocycles. The van der Waals surface area contributed by atoms with Crippen LogP contribution < -0.4 is 11.1 Å². The van der Waals surface area contributed by atoms with Crippen LogP contribution in [-0.2, 0) is 6.54 Å². The molecule has 16 heavy (non-hydrogen) atoms. The van der Waals surface area contributed by atoms with Gasteiger partial charge in [-0.1, -0.05) is 0 Å². The van der Waals surface area contributed by atoms with Crippen molar-refractivity contribution < 1.29 is 0 Å². The molecular formula is C9H9BrN6. The molecule has 0 radical (unpaired) electrons. The zero-order chi connectivity index (χ0) is 11.4. The molecule has 0 spiro atoms. The third-order valence-electron chi connectivity index (χ3n) is 1.84. The molecule has 0 aliphatic carbocycles. The van der Waals surface area contributed by atoms with E-state index in [1.165, 1.54) is 6.33 Å². The lowest BCUT2D eigenvalue weighted by molar-refractivity contribution is 0.990. The van der Waals surface area contributed by atoms with Crippen LogP contribution >= 0.6 is 15.9 Å². The van der Waals surface area contributed by atoms with Crippen LogP contribution in [0.5, 0.6) is 0 Å². The number of hydrogen-bond donors (Lipinski definition) is 2. The minimum absolute atomic E-state index is 0.230. The zero-order valence-corrected chi connectivity index (χ0v) is 9.85. The van der Waals surface area contributed by atoms with Crippen molar-refractivity contribution in [3.63, 3.8) is 0 Å². The first kappa shape index (κ1) is 10.7. The summed E-state index contributed by atoms with van der Waals surface area (Å²) in [6, 6.07) is 1.82. The Balaban J connectivity index is 2.08. The Hall–Kier alpha value is -1.76. The Labute approximate surface area is 100 Å². The summed E-state index contributed by atoms with van der Waals surface area (Å²) < 4.78 is 0.760. The van der Waals surface area contributed by atoms with Crippen molar-refractivity contribution in [1.82, 2.24) is 19.9 Å². The molecule has 3 N–H and O–H groups in total. The van der Waals surface area contributed by atoms with Crippen molar-refractivity contribution in [2.45, 2.75) is 6.54 Å². The smallest absolute Gasteiger partial charge is 0.221 e. The summed E-state index contributed by atoms with van der Waals surface area (Å²) in [5.74, 6) is 0.875. The Morgan fingerprint density at radius 1 is 1.38 bits per heavy atom. The number of rotatable bonds is 3. The standard InChI is InChI=1S/C9H9BrN6/c10-7-4-14-9(11)16-8(7)13-3-6-1-2-12-5-15-6/h1-2,4-5H,3H2,(H3,11,13,14,16). The molecular weight excluding hydrogens is 272 g/mol. The van der Waals surface area contributed by atoms with E-state index >= 15 is 0 Å². The highest BCUT2D eigenvalue weighted by Gasteiger charge is 2.02. The fourth-order valence-electron chi connectivity index (χ4n) is 1.10.